The molecule has 0 radical (unpaired) electrons. The van der Waals surface area contributed by atoms with Crippen LogP contribution < -0.4 is 9.47 Å². The lowest BCUT2D eigenvalue weighted by Crippen LogP contribution is -2.43. The molecule has 0 amide bonds. The van der Waals surface area contributed by atoms with Crippen molar-refractivity contribution in [1.29, 1.82) is 0 Å². The molecule has 0 fully saturated rings. The number of hydrogen-bond acceptors (Lipinski definition) is 5. The number of hydrogen-bond donors (Lipinski definition) is 1. The van der Waals surface area contributed by atoms with Crippen LogP contribution in [-0.4, -0.2) is 28.3 Å². The summed E-state index contributed by atoms with van der Waals surface area (Å²) in [4.78, 5) is 16.8. The van der Waals surface area contributed by atoms with E-state index in [1.165, 1.54) is 0 Å². The fourth-order valence-electron chi connectivity index (χ4n) is 4.52. The molecule has 5 aromatic rings. The van der Waals surface area contributed by atoms with E-state index in [0.717, 1.165) is 33.7 Å². The van der Waals surface area contributed by atoms with Gasteiger partial charge in [0.05, 0.1) is 12.3 Å². The Balaban J connectivity index is 1.17. The van der Waals surface area contributed by atoms with Gasteiger partial charge in [0.2, 0.25) is 11.5 Å². The highest BCUT2D eigenvalue weighted by molar-refractivity contribution is 6.30. The quantitative estimate of drug-likeness (QED) is 0.174. The SMILES string of the molecule is Cc1oc(-c2ccc(-c3ccccc3)cc2)nc1CCOc1ccc(CC(C)(Oc2cccc(Cl)c2)C(=O)O)cc1. The number of benzene rings is 4. The summed E-state index contributed by atoms with van der Waals surface area (Å²) in [6, 6.07) is 32.4. The van der Waals surface area contributed by atoms with Crippen LogP contribution in [0.15, 0.2) is 108 Å². The van der Waals surface area contributed by atoms with Gasteiger partial charge in [-0.2, -0.15) is 0 Å². The molecular weight excluding hydrogens is 538 g/mol. The van der Waals surface area contributed by atoms with Crippen molar-refractivity contribution in [3.63, 3.8) is 0 Å². The molecule has 1 aromatic heterocycles. The lowest BCUT2D eigenvalue weighted by Gasteiger charge is -2.26. The Bertz CT molecular complexity index is 1610. The third-order valence-electron chi connectivity index (χ3n) is 6.80. The van der Waals surface area contributed by atoms with Gasteiger partial charge < -0.3 is 19.0 Å². The van der Waals surface area contributed by atoms with Crippen LogP contribution in [0.3, 0.4) is 0 Å². The Labute approximate surface area is 244 Å². The summed E-state index contributed by atoms with van der Waals surface area (Å²) in [5.74, 6) is 1.37. The first-order chi connectivity index (χ1) is 19.8. The Kier molecular flexibility index (Phi) is 8.41. The van der Waals surface area contributed by atoms with Gasteiger partial charge in [0.25, 0.3) is 0 Å². The summed E-state index contributed by atoms with van der Waals surface area (Å²) < 4.78 is 17.7. The van der Waals surface area contributed by atoms with Gasteiger partial charge in [0.1, 0.15) is 17.3 Å². The van der Waals surface area contributed by atoms with Crippen molar-refractivity contribution in [1.82, 2.24) is 4.98 Å². The van der Waals surface area contributed by atoms with Crippen LogP contribution in [0.5, 0.6) is 11.5 Å². The van der Waals surface area contributed by atoms with E-state index >= 15 is 0 Å². The molecule has 0 aliphatic heterocycles. The molecule has 1 heterocycles. The summed E-state index contributed by atoms with van der Waals surface area (Å²) in [5.41, 5.74) is 3.41. The van der Waals surface area contributed by atoms with Crippen molar-refractivity contribution in [2.75, 3.05) is 6.61 Å². The smallest absolute Gasteiger partial charge is 0.348 e. The second-order valence-corrected chi connectivity index (χ2v) is 10.4. The molecule has 0 saturated heterocycles. The molecule has 0 aliphatic rings. The van der Waals surface area contributed by atoms with E-state index in [9.17, 15) is 9.90 Å². The van der Waals surface area contributed by atoms with Crippen LogP contribution in [0, 0.1) is 6.92 Å². The molecule has 4 aromatic carbocycles. The number of halogens is 1. The van der Waals surface area contributed by atoms with Crippen LogP contribution in [0.2, 0.25) is 5.02 Å². The average Bonchev–Trinajstić information content (AvgIpc) is 3.34. The zero-order valence-electron chi connectivity index (χ0n) is 22.8. The molecule has 7 heteroatoms. The van der Waals surface area contributed by atoms with E-state index in [4.69, 9.17) is 30.5 Å². The van der Waals surface area contributed by atoms with E-state index in [1.54, 1.807) is 31.2 Å². The molecular formula is C34H30ClNO5. The largest absolute Gasteiger partial charge is 0.493 e. The number of carboxylic acid groups (broad SMARTS) is 1. The van der Waals surface area contributed by atoms with Gasteiger partial charge in [-0.25, -0.2) is 9.78 Å². The van der Waals surface area contributed by atoms with Gasteiger partial charge in [-0.05, 0) is 73.0 Å². The van der Waals surface area contributed by atoms with E-state index in [1.807, 2.05) is 61.5 Å². The van der Waals surface area contributed by atoms with E-state index in [-0.39, 0.29) is 6.42 Å². The number of aromatic nitrogens is 1. The van der Waals surface area contributed by atoms with E-state index in [2.05, 4.69) is 24.3 Å². The number of ether oxygens (including phenoxy) is 2. The summed E-state index contributed by atoms with van der Waals surface area (Å²) >= 11 is 6.02. The van der Waals surface area contributed by atoms with Gasteiger partial charge in [-0.3, -0.25) is 0 Å². The van der Waals surface area contributed by atoms with Crippen molar-refractivity contribution >= 4 is 17.6 Å². The van der Waals surface area contributed by atoms with E-state index in [0.29, 0.717) is 35.4 Å². The summed E-state index contributed by atoms with van der Waals surface area (Å²) in [5, 5.41) is 10.3. The minimum absolute atomic E-state index is 0.169. The van der Waals surface area contributed by atoms with Crippen molar-refractivity contribution in [3.05, 3.63) is 125 Å². The third kappa shape index (κ3) is 6.97. The molecule has 0 aliphatic carbocycles. The second kappa shape index (κ2) is 12.3. The second-order valence-electron chi connectivity index (χ2n) is 9.98. The number of aryl methyl sites for hydroxylation is 1. The maximum Gasteiger partial charge on any atom is 0.348 e. The first-order valence-corrected chi connectivity index (χ1v) is 13.7. The number of oxazole rings is 1. The fourth-order valence-corrected chi connectivity index (χ4v) is 4.70. The molecule has 0 bridgehead atoms. The van der Waals surface area contributed by atoms with Crippen LogP contribution in [-0.2, 0) is 17.6 Å². The van der Waals surface area contributed by atoms with E-state index < -0.39 is 11.6 Å². The lowest BCUT2D eigenvalue weighted by atomic mass is 9.96. The first-order valence-electron chi connectivity index (χ1n) is 13.3. The third-order valence-corrected chi connectivity index (χ3v) is 7.03. The zero-order chi connectivity index (χ0) is 28.8. The summed E-state index contributed by atoms with van der Waals surface area (Å²) in [7, 11) is 0. The first kappa shape index (κ1) is 28.0. The highest BCUT2D eigenvalue weighted by Gasteiger charge is 2.36. The lowest BCUT2D eigenvalue weighted by molar-refractivity contribution is -0.153. The minimum atomic E-state index is -1.46. The molecule has 0 spiro atoms. The maximum atomic E-state index is 12.1. The molecule has 0 saturated carbocycles. The van der Waals surface area contributed by atoms with Crippen molar-refractivity contribution in [3.8, 4) is 34.1 Å². The molecule has 1 atom stereocenters. The predicted octanol–water partition coefficient (Wildman–Crippen LogP) is 8.06. The predicted molar refractivity (Wildman–Crippen MR) is 160 cm³/mol. The molecule has 1 N–H and O–H groups in total. The fraction of sp³-hybridized carbons (Fsp3) is 0.176. The van der Waals surface area contributed by atoms with Crippen LogP contribution in [0.1, 0.15) is 23.9 Å². The van der Waals surface area contributed by atoms with Gasteiger partial charge in [-0.15, -0.1) is 0 Å². The normalized spacial score (nSPS) is 12.5. The number of rotatable bonds is 11. The Morgan fingerprint density at radius 3 is 2.24 bits per heavy atom. The van der Waals surface area contributed by atoms with Crippen LogP contribution in [0.25, 0.3) is 22.6 Å². The Morgan fingerprint density at radius 1 is 0.878 bits per heavy atom. The Hall–Kier alpha value is -4.55. The Morgan fingerprint density at radius 2 is 1.56 bits per heavy atom. The molecule has 41 heavy (non-hydrogen) atoms. The zero-order valence-corrected chi connectivity index (χ0v) is 23.6. The maximum absolute atomic E-state index is 12.1. The van der Waals surface area contributed by atoms with Crippen LogP contribution >= 0.6 is 11.6 Å². The molecule has 208 valence electrons. The minimum Gasteiger partial charge on any atom is -0.493 e. The monoisotopic (exact) mass is 567 g/mol. The highest BCUT2D eigenvalue weighted by Crippen LogP contribution is 2.28. The van der Waals surface area contributed by atoms with Crippen molar-refractivity contribution in [2.45, 2.75) is 32.3 Å². The van der Waals surface area contributed by atoms with Gasteiger partial charge in [0.15, 0.2) is 0 Å². The highest BCUT2D eigenvalue weighted by atomic mass is 35.5. The molecule has 5 rings (SSSR count). The molecule has 6 nitrogen and oxygen atoms in total. The number of carbonyl (C=O) groups is 1. The number of carboxylic acids is 1. The van der Waals surface area contributed by atoms with Gasteiger partial charge in [0, 0.05) is 23.4 Å². The standard InChI is InChI=1S/C34H30ClNO5/c1-23-31(36-32(40-23)27-15-13-26(14-16-27)25-7-4-3-5-8-25)19-20-39-29-17-11-24(12-18-29)22-34(2,33(37)38)41-30-10-6-9-28(35)21-30/h3-18,21H,19-20,22H2,1-2H3,(H,37,38). The van der Waals surface area contributed by atoms with Crippen LogP contribution in [0.4, 0.5) is 0 Å². The van der Waals surface area contributed by atoms with Crippen molar-refractivity contribution < 1.29 is 23.8 Å². The topological polar surface area (TPSA) is 81.8 Å². The number of nitrogens with zero attached hydrogens (tertiary/aromatic N) is 1. The summed E-state index contributed by atoms with van der Waals surface area (Å²) in [6.45, 7) is 3.88. The molecule has 1 unspecified atom stereocenters. The summed E-state index contributed by atoms with van der Waals surface area (Å²) in [6.07, 6.45) is 0.756. The van der Waals surface area contributed by atoms with Gasteiger partial charge >= 0.3 is 5.97 Å². The van der Waals surface area contributed by atoms with Gasteiger partial charge in [-0.1, -0.05) is 72.3 Å². The van der Waals surface area contributed by atoms with Crippen molar-refractivity contribution in [2.24, 2.45) is 0 Å². The number of aliphatic carboxylic acids is 1. The average molecular weight is 568 g/mol.